The van der Waals surface area contributed by atoms with Gasteiger partial charge < -0.3 is 10.5 Å². The van der Waals surface area contributed by atoms with E-state index >= 15 is 0 Å². The molecule has 2 N–H and O–H groups in total. The zero-order valence-electron chi connectivity index (χ0n) is 9.74. The first-order chi connectivity index (χ1) is 7.67. The number of aromatic nitrogens is 1. The molecule has 1 aromatic rings. The summed E-state index contributed by atoms with van der Waals surface area (Å²) in [6, 6.07) is 3.49. The quantitative estimate of drug-likeness (QED) is 0.828. The lowest BCUT2D eigenvalue weighted by Gasteiger charge is -2.19. The SMILES string of the molecule is CCN(CCOC)Cc1nc(N)ccc1Cl. The van der Waals surface area contributed by atoms with Crippen molar-refractivity contribution in [3.8, 4) is 0 Å². The van der Waals surface area contributed by atoms with Gasteiger partial charge in [0.2, 0.25) is 0 Å². The predicted octanol–water partition coefficient (Wildman–Crippen LogP) is 1.79. The van der Waals surface area contributed by atoms with Gasteiger partial charge in [-0.3, -0.25) is 4.90 Å². The summed E-state index contributed by atoms with van der Waals surface area (Å²) >= 11 is 6.06. The third-order valence-electron chi connectivity index (χ3n) is 2.37. The molecule has 1 rings (SSSR count). The molecule has 0 spiro atoms. The Kier molecular flexibility index (Phi) is 5.52. The molecule has 0 bridgehead atoms. The number of methoxy groups -OCH3 is 1. The number of anilines is 1. The fourth-order valence-electron chi connectivity index (χ4n) is 1.39. The van der Waals surface area contributed by atoms with E-state index in [1.165, 1.54) is 0 Å². The Morgan fingerprint density at radius 2 is 2.25 bits per heavy atom. The van der Waals surface area contributed by atoms with E-state index < -0.39 is 0 Å². The van der Waals surface area contributed by atoms with Gasteiger partial charge in [0.1, 0.15) is 5.82 Å². The van der Waals surface area contributed by atoms with Gasteiger partial charge >= 0.3 is 0 Å². The van der Waals surface area contributed by atoms with Crippen molar-refractivity contribution < 1.29 is 4.74 Å². The number of pyridine rings is 1. The van der Waals surface area contributed by atoms with E-state index in [1.54, 1.807) is 19.2 Å². The van der Waals surface area contributed by atoms with Gasteiger partial charge in [-0.05, 0) is 18.7 Å². The number of likely N-dealkylation sites (N-methyl/N-ethyl adjacent to an activating group) is 1. The van der Waals surface area contributed by atoms with Crippen molar-refractivity contribution in [1.82, 2.24) is 9.88 Å². The Morgan fingerprint density at radius 1 is 1.50 bits per heavy atom. The molecule has 1 heterocycles. The molecule has 0 atom stereocenters. The van der Waals surface area contributed by atoms with E-state index in [2.05, 4.69) is 16.8 Å². The third kappa shape index (κ3) is 3.96. The lowest BCUT2D eigenvalue weighted by molar-refractivity contribution is 0.147. The Balaban J connectivity index is 2.65. The van der Waals surface area contributed by atoms with Crippen LogP contribution in [0.4, 0.5) is 5.82 Å². The van der Waals surface area contributed by atoms with E-state index in [9.17, 15) is 0 Å². The minimum absolute atomic E-state index is 0.502. The average Bonchev–Trinajstić information content (AvgIpc) is 2.28. The maximum atomic E-state index is 6.06. The first-order valence-corrected chi connectivity index (χ1v) is 5.67. The number of hydrogen-bond acceptors (Lipinski definition) is 4. The number of nitrogens with zero attached hydrogens (tertiary/aromatic N) is 2. The monoisotopic (exact) mass is 243 g/mol. The number of halogens is 1. The minimum Gasteiger partial charge on any atom is -0.384 e. The topological polar surface area (TPSA) is 51.4 Å². The second-order valence-corrected chi connectivity index (χ2v) is 3.93. The van der Waals surface area contributed by atoms with Crippen molar-refractivity contribution >= 4 is 17.4 Å². The molecule has 0 amide bonds. The van der Waals surface area contributed by atoms with Crippen molar-refractivity contribution in [1.29, 1.82) is 0 Å². The van der Waals surface area contributed by atoms with Crippen LogP contribution in [-0.4, -0.2) is 36.7 Å². The number of nitrogen functional groups attached to an aromatic ring is 1. The van der Waals surface area contributed by atoms with Crippen molar-refractivity contribution in [3.05, 3.63) is 22.8 Å². The second kappa shape index (κ2) is 6.68. The summed E-state index contributed by atoms with van der Waals surface area (Å²) < 4.78 is 5.05. The minimum atomic E-state index is 0.502. The van der Waals surface area contributed by atoms with Gasteiger partial charge in [-0.15, -0.1) is 0 Å². The van der Waals surface area contributed by atoms with Crippen LogP contribution < -0.4 is 5.73 Å². The highest BCUT2D eigenvalue weighted by Crippen LogP contribution is 2.16. The van der Waals surface area contributed by atoms with E-state index in [1.807, 2.05) is 0 Å². The van der Waals surface area contributed by atoms with Gasteiger partial charge in [-0.25, -0.2) is 4.98 Å². The summed E-state index contributed by atoms with van der Waals surface area (Å²) in [6.07, 6.45) is 0. The van der Waals surface area contributed by atoms with Crippen LogP contribution in [0.5, 0.6) is 0 Å². The van der Waals surface area contributed by atoms with Crippen LogP contribution in [-0.2, 0) is 11.3 Å². The fourth-order valence-corrected chi connectivity index (χ4v) is 1.56. The van der Waals surface area contributed by atoms with Gasteiger partial charge in [0, 0.05) is 20.2 Å². The highest BCUT2D eigenvalue weighted by Gasteiger charge is 2.08. The molecule has 0 saturated heterocycles. The first kappa shape index (κ1) is 13.2. The summed E-state index contributed by atoms with van der Waals surface area (Å²) in [5.41, 5.74) is 6.45. The Labute approximate surface area is 101 Å². The average molecular weight is 244 g/mol. The molecule has 0 aliphatic carbocycles. The van der Waals surface area contributed by atoms with Crippen LogP contribution >= 0.6 is 11.6 Å². The van der Waals surface area contributed by atoms with Crippen LogP contribution in [0.25, 0.3) is 0 Å². The zero-order valence-corrected chi connectivity index (χ0v) is 10.5. The molecule has 0 aliphatic rings. The predicted molar refractivity (Wildman–Crippen MR) is 66.5 cm³/mol. The molecule has 90 valence electrons. The number of nitrogens with two attached hydrogens (primary N) is 1. The highest BCUT2D eigenvalue weighted by atomic mass is 35.5. The molecule has 0 unspecified atom stereocenters. The van der Waals surface area contributed by atoms with Crippen molar-refractivity contribution in [2.45, 2.75) is 13.5 Å². The van der Waals surface area contributed by atoms with Crippen molar-refractivity contribution in [3.63, 3.8) is 0 Å². The zero-order chi connectivity index (χ0) is 12.0. The van der Waals surface area contributed by atoms with Crippen molar-refractivity contribution in [2.75, 3.05) is 32.5 Å². The largest absolute Gasteiger partial charge is 0.384 e. The Morgan fingerprint density at radius 3 is 2.88 bits per heavy atom. The van der Waals surface area contributed by atoms with Gasteiger partial charge in [-0.2, -0.15) is 0 Å². The molecular formula is C11H18ClN3O. The maximum absolute atomic E-state index is 6.06. The van der Waals surface area contributed by atoms with E-state index in [-0.39, 0.29) is 0 Å². The number of rotatable bonds is 6. The van der Waals surface area contributed by atoms with Crippen molar-refractivity contribution in [2.24, 2.45) is 0 Å². The summed E-state index contributed by atoms with van der Waals surface area (Å²) in [7, 11) is 1.69. The molecule has 4 nitrogen and oxygen atoms in total. The Bertz CT molecular complexity index is 333. The summed E-state index contributed by atoms with van der Waals surface area (Å²) in [5.74, 6) is 0.502. The van der Waals surface area contributed by atoms with Gasteiger partial charge in [0.15, 0.2) is 0 Å². The maximum Gasteiger partial charge on any atom is 0.123 e. The molecule has 0 radical (unpaired) electrons. The number of ether oxygens (including phenoxy) is 1. The van der Waals surface area contributed by atoms with E-state index in [4.69, 9.17) is 22.1 Å². The van der Waals surface area contributed by atoms with Crippen LogP contribution in [0.2, 0.25) is 5.02 Å². The number of hydrogen-bond donors (Lipinski definition) is 1. The molecular weight excluding hydrogens is 226 g/mol. The molecule has 5 heteroatoms. The second-order valence-electron chi connectivity index (χ2n) is 3.53. The summed E-state index contributed by atoms with van der Waals surface area (Å²) in [5, 5.41) is 0.657. The molecule has 0 aromatic carbocycles. The first-order valence-electron chi connectivity index (χ1n) is 5.29. The fraction of sp³-hybridized carbons (Fsp3) is 0.545. The standard InChI is InChI=1S/C11H18ClN3O/c1-3-15(6-7-16-2)8-10-9(12)4-5-11(13)14-10/h4-5H,3,6-8H2,1-2H3,(H2,13,14). The van der Waals surface area contributed by atoms with Crippen LogP contribution in [0.1, 0.15) is 12.6 Å². The van der Waals surface area contributed by atoms with E-state index in [0.717, 1.165) is 18.8 Å². The van der Waals surface area contributed by atoms with Gasteiger partial charge in [0.25, 0.3) is 0 Å². The third-order valence-corrected chi connectivity index (χ3v) is 2.72. The summed E-state index contributed by atoms with van der Waals surface area (Å²) in [4.78, 5) is 6.44. The molecule has 0 aliphatic heterocycles. The Hall–Kier alpha value is -0.840. The van der Waals surface area contributed by atoms with Gasteiger partial charge in [-0.1, -0.05) is 18.5 Å². The van der Waals surface area contributed by atoms with Gasteiger partial charge in [0.05, 0.1) is 17.3 Å². The molecule has 1 aromatic heterocycles. The summed E-state index contributed by atoms with van der Waals surface area (Å²) in [6.45, 7) is 5.28. The van der Waals surface area contributed by atoms with Crippen LogP contribution in [0, 0.1) is 0 Å². The van der Waals surface area contributed by atoms with E-state index in [0.29, 0.717) is 24.0 Å². The lowest BCUT2D eigenvalue weighted by Crippen LogP contribution is -2.27. The lowest BCUT2D eigenvalue weighted by atomic mass is 10.3. The van der Waals surface area contributed by atoms with Crippen LogP contribution in [0.3, 0.4) is 0 Å². The highest BCUT2D eigenvalue weighted by molar-refractivity contribution is 6.31. The van der Waals surface area contributed by atoms with Crippen LogP contribution in [0.15, 0.2) is 12.1 Å². The molecule has 0 saturated carbocycles. The molecule has 16 heavy (non-hydrogen) atoms. The normalized spacial score (nSPS) is 11.0. The molecule has 0 fully saturated rings. The smallest absolute Gasteiger partial charge is 0.123 e.